The molecule has 0 radical (unpaired) electrons. The Morgan fingerprint density at radius 2 is 2.33 bits per heavy atom. The quantitative estimate of drug-likeness (QED) is 0.868. The molecule has 2 aromatic rings. The molecule has 8 heteroatoms. The zero-order valence-electron chi connectivity index (χ0n) is 13.7. The smallest absolute Gasteiger partial charge is 0.243 e. The molecule has 128 valence electrons. The summed E-state index contributed by atoms with van der Waals surface area (Å²) in [7, 11) is 1.58. The van der Waals surface area contributed by atoms with Crippen molar-refractivity contribution >= 4 is 34.7 Å². The summed E-state index contributed by atoms with van der Waals surface area (Å²) in [5.41, 5.74) is 1.30. The Balaban J connectivity index is 1.61. The van der Waals surface area contributed by atoms with E-state index < -0.39 is 10.8 Å². The van der Waals surface area contributed by atoms with Gasteiger partial charge in [-0.05, 0) is 26.0 Å². The summed E-state index contributed by atoms with van der Waals surface area (Å²) in [6.07, 6.45) is 0. The van der Waals surface area contributed by atoms with Crippen molar-refractivity contribution in [1.29, 1.82) is 0 Å². The maximum absolute atomic E-state index is 12.2. The Morgan fingerprint density at radius 1 is 1.54 bits per heavy atom. The molecule has 0 spiro atoms. The number of methoxy groups -OCH3 is 1. The van der Waals surface area contributed by atoms with Crippen LogP contribution in [0.4, 0.5) is 0 Å². The van der Waals surface area contributed by atoms with Gasteiger partial charge in [-0.3, -0.25) is 9.59 Å². The first-order valence-electron chi connectivity index (χ1n) is 7.55. The predicted molar refractivity (Wildman–Crippen MR) is 90.9 cm³/mol. The van der Waals surface area contributed by atoms with E-state index in [-0.39, 0.29) is 18.4 Å². The van der Waals surface area contributed by atoms with Gasteiger partial charge < -0.3 is 19.8 Å². The number of oxazole rings is 1. The van der Waals surface area contributed by atoms with Gasteiger partial charge >= 0.3 is 0 Å². The molecule has 1 saturated heterocycles. The van der Waals surface area contributed by atoms with E-state index in [9.17, 15) is 9.59 Å². The zero-order chi connectivity index (χ0) is 17.3. The summed E-state index contributed by atoms with van der Waals surface area (Å²) in [5, 5.41) is 5.50. The molecule has 0 saturated carbocycles. The Morgan fingerprint density at radius 3 is 3.04 bits per heavy atom. The molecule has 2 heterocycles. The third-order valence-electron chi connectivity index (χ3n) is 3.83. The number of rotatable bonds is 4. The largest absolute Gasteiger partial charge is 0.497 e. The van der Waals surface area contributed by atoms with E-state index in [1.165, 1.54) is 11.8 Å². The van der Waals surface area contributed by atoms with Gasteiger partial charge in [0.1, 0.15) is 17.3 Å². The van der Waals surface area contributed by atoms with Crippen molar-refractivity contribution in [2.75, 3.05) is 12.9 Å². The molecule has 1 atom stereocenters. The van der Waals surface area contributed by atoms with Crippen molar-refractivity contribution in [3.63, 3.8) is 0 Å². The van der Waals surface area contributed by atoms with Crippen molar-refractivity contribution in [2.45, 2.75) is 31.2 Å². The van der Waals surface area contributed by atoms with Crippen LogP contribution in [0.3, 0.4) is 0 Å². The van der Waals surface area contributed by atoms with Crippen LogP contribution in [0.15, 0.2) is 22.6 Å². The minimum atomic E-state index is -0.542. The van der Waals surface area contributed by atoms with Gasteiger partial charge in [-0.25, -0.2) is 4.98 Å². The van der Waals surface area contributed by atoms with E-state index in [0.717, 1.165) is 0 Å². The minimum Gasteiger partial charge on any atom is -0.497 e. The van der Waals surface area contributed by atoms with Crippen molar-refractivity contribution in [2.24, 2.45) is 0 Å². The third-order valence-corrected chi connectivity index (χ3v) is 5.24. The van der Waals surface area contributed by atoms with Crippen molar-refractivity contribution in [1.82, 2.24) is 15.6 Å². The molecule has 0 unspecified atom stereocenters. The number of carbonyl (C=O) groups is 2. The monoisotopic (exact) mass is 349 g/mol. The van der Waals surface area contributed by atoms with E-state index in [4.69, 9.17) is 9.15 Å². The number of ether oxygens (including phenoxy) is 1. The van der Waals surface area contributed by atoms with Crippen LogP contribution in [-0.4, -0.2) is 40.4 Å². The molecule has 2 amide bonds. The van der Waals surface area contributed by atoms with E-state index >= 15 is 0 Å². The lowest BCUT2D eigenvalue weighted by atomic mass is 10.1. The van der Waals surface area contributed by atoms with Gasteiger partial charge in [-0.15, -0.1) is 11.8 Å². The Hall–Kier alpha value is -2.22. The van der Waals surface area contributed by atoms with Gasteiger partial charge in [0.05, 0.1) is 18.4 Å². The second-order valence-corrected chi connectivity index (χ2v) is 7.65. The van der Waals surface area contributed by atoms with Gasteiger partial charge in [-0.1, -0.05) is 0 Å². The normalized spacial score (nSPS) is 19.8. The maximum Gasteiger partial charge on any atom is 0.243 e. The summed E-state index contributed by atoms with van der Waals surface area (Å²) >= 11 is 1.47. The second-order valence-electron chi connectivity index (χ2n) is 6.01. The number of amides is 2. The minimum absolute atomic E-state index is 0.132. The van der Waals surface area contributed by atoms with E-state index in [0.29, 0.717) is 28.5 Å². The molecule has 1 aliphatic heterocycles. The molecular formula is C16H19N3O4S. The average molecular weight is 349 g/mol. The van der Waals surface area contributed by atoms with Crippen LogP contribution >= 0.6 is 11.8 Å². The summed E-state index contributed by atoms with van der Waals surface area (Å²) in [6, 6.07) is 4.78. The number of aromatic nitrogens is 1. The molecule has 1 aromatic carbocycles. The molecule has 2 N–H and O–H groups in total. The Labute approximate surface area is 143 Å². The van der Waals surface area contributed by atoms with Crippen LogP contribution in [0.2, 0.25) is 0 Å². The van der Waals surface area contributed by atoms with Crippen LogP contribution in [0.1, 0.15) is 19.7 Å². The van der Waals surface area contributed by atoms with E-state index in [1.54, 1.807) is 25.3 Å². The zero-order valence-corrected chi connectivity index (χ0v) is 14.5. The standard InChI is InChI=1S/C16H19N3O4S/c1-16(2)15(21)19-11(8-24-16)14(20)17-7-13-18-10-6-9(22-3)4-5-12(10)23-13/h4-6,11H,7-8H2,1-3H3,(H,17,20)(H,19,21)/t11-/m0/s1. The first-order valence-corrected chi connectivity index (χ1v) is 8.54. The molecular weight excluding hydrogens is 330 g/mol. The molecule has 1 fully saturated rings. The molecule has 24 heavy (non-hydrogen) atoms. The van der Waals surface area contributed by atoms with Crippen LogP contribution in [0.25, 0.3) is 11.1 Å². The van der Waals surface area contributed by atoms with Crippen LogP contribution in [0, 0.1) is 0 Å². The lowest BCUT2D eigenvalue weighted by molar-refractivity contribution is -0.129. The van der Waals surface area contributed by atoms with Crippen molar-refractivity contribution < 1.29 is 18.7 Å². The SMILES string of the molecule is COc1ccc2oc(CNC(=O)[C@@H]3CSC(C)(C)C(=O)N3)nc2c1. The predicted octanol–water partition coefficient (Wildman–Crippen LogP) is 1.46. The highest BCUT2D eigenvalue weighted by atomic mass is 32.2. The fourth-order valence-corrected chi connectivity index (χ4v) is 3.32. The van der Waals surface area contributed by atoms with Gasteiger partial charge in [0.15, 0.2) is 5.58 Å². The first kappa shape index (κ1) is 16.6. The van der Waals surface area contributed by atoms with Crippen molar-refractivity contribution in [3.8, 4) is 5.75 Å². The number of nitrogens with zero attached hydrogens (tertiary/aromatic N) is 1. The van der Waals surface area contributed by atoms with Gasteiger partial charge in [0, 0.05) is 11.8 Å². The van der Waals surface area contributed by atoms with Crippen molar-refractivity contribution in [3.05, 3.63) is 24.1 Å². The number of benzene rings is 1. The Kier molecular flexibility index (Phi) is 4.40. The molecule has 3 rings (SSSR count). The highest BCUT2D eigenvalue weighted by Gasteiger charge is 2.37. The molecule has 0 bridgehead atoms. The summed E-state index contributed by atoms with van der Waals surface area (Å²) in [5.74, 6) is 1.26. The van der Waals surface area contributed by atoms with Crippen LogP contribution in [0.5, 0.6) is 5.75 Å². The Bertz CT molecular complexity index is 787. The third kappa shape index (κ3) is 3.33. The number of hydrogen-bond donors (Lipinski definition) is 2. The van der Waals surface area contributed by atoms with Crippen LogP contribution in [-0.2, 0) is 16.1 Å². The molecule has 1 aliphatic rings. The highest BCUT2D eigenvalue weighted by Crippen LogP contribution is 2.29. The molecule has 7 nitrogen and oxygen atoms in total. The number of thioether (sulfide) groups is 1. The van der Waals surface area contributed by atoms with Gasteiger partial charge in [0.25, 0.3) is 0 Å². The maximum atomic E-state index is 12.2. The molecule has 0 aliphatic carbocycles. The number of fused-ring (bicyclic) bond motifs is 1. The fourth-order valence-electron chi connectivity index (χ4n) is 2.32. The topological polar surface area (TPSA) is 93.5 Å². The second kappa shape index (κ2) is 6.35. The lowest BCUT2D eigenvalue weighted by Crippen LogP contribution is -2.57. The van der Waals surface area contributed by atoms with Gasteiger partial charge in [0.2, 0.25) is 17.7 Å². The van der Waals surface area contributed by atoms with Crippen LogP contribution < -0.4 is 15.4 Å². The van der Waals surface area contributed by atoms with E-state index in [2.05, 4.69) is 15.6 Å². The van der Waals surface area contributed by atoms with E-state index in [1.807, 2.05) is 13.8 Å². The fraction of sp³-hybridized carbons (Fsp3) is 0.438. The summed E-state index contributed by atoms with van der Waals surface area (Å²) in [4.78, 5) is 28.5. The average Bonchev–Trinajstić information content (AvgIpc) is 2.97. The number of hydrogen-bond acceptors (Lipinski definition) is 6. The number of carbonyl (C=O) groups excluding carboxylic acids is 2. The summed E-state index contributed by atoms with van der Waals surface area (Å²) < 4.78 is 10.2. The lowest BCUT2D eigenvalue weighted by Gasteiger charge is -2.32. The molecule has 1 aromatic heterocycles. The summed E-state index contributed by atoms with van der Waals surface area (Å²) in [6.45, 7) is 3.84. The van der Waals surface area contributed by atoms with Gasteiger partial charge in [-0.2, -0.15) is 0 Å². The number of nitrogens with one attached hydrogen (secondary N) is 2. The first-order chi connectivity index (χ1) is 11.4. The highest BCUT2D eigenvalue weighted by molar-refractivity contribution is 8.01.